The molecule has 0 spiro atoms. The third-order valence-corrected chi connectivity index (χ3v) is 4.11. The molecule has 5 heteroatoms. The van der Waals surface area contributed by atoms with Crippen LogP contribution in [0.4, 0.5) is 11.4 Å². The van der Waals surface area contributed by atoms with Gasteiger partial charge in [-0.3, -0.25) is 9.59 Å². The number of carbonyl (C=O) groups excluding carboxylic acids is 2. The van der Waals surface area contributed by atoms with Crippen molar-refractivity contribution in [1.29, 1.82) is 0 Å². The Labute approximate surface area is 149 Å². The molecule has 0 saturated heterocycles. The first-order chi connectivity index (χ1) is 12.2. The summed E-state index contributed by atoms with van der Waals surface area (Å²) in [5.74, 6) is -0.906. The minimum absolute atomic E-state index is 0.0473. The Bertz CT molecular complexity index is 817. The van der Waals surface area contributed by atoms with Gasteiger partial charge in [-0.15, -0.1) is 0 Å². The molecular formula is C20H16N2O2S. The highest BCUT2D eigenvalue weighted by Crippen LogP contribution is 2.16. The number of hydrogen-bond acceptors (Lipinski definition) is 3. The van der Waals surface area contributed by atoms with Crippen molar-refractivity contribution in [3.8, 4) is 0 Å². The molecule has 2 aromatic carbocycles. The monoisotopic (exact) mass is 348 g/mol. The lowest BCUT2D eigenvalue weighted by Gasteiger charge is -2.10. The molecule has 0 aliphatic heterocycles. The maximum absolute atomic E-state index is 12.6. The predicted molar refractivity (Wildman–Crippen MR) is 102 cm³/mol. The quantitative estimate of drug-likeness (QED) is 0.408. The van der Waals surface area contributed by atoms with Crippen LogP contribution in [0.3, 0.4) is 0 Å². The minimum Gasteiger partial charge on any atom is -0.322 e. The summed E-state index contributed by atoms with van der Waals surface area (Å²) in [4.78, 5) is 25.3. The van der Waals surface area contributed by atoms with E-state index in [1.807, 2.05) is 53.2 Å². The van der Waals surface area contributed by atoms with Gasteiger partial charge in [0.25, 0.3) is 11.8 Å². The molecule has 124 valence electrons. The molecule has 0 aliphatic rings. The number of nitrogens with one attached hydrogen (secondary N) is 2. The third-order valence-electron chi connectivity index (χ3n) is 3.41. The second kappa shape index (κ2) is 8.08. The molecule has 0 radical (unpaired) electrons. The van der Waals surface area contributed by atoms with Crippen LogP contribution in [-0.2, 0) is 9.59 Å². The van der Waals surface area contributed by atoms with E-state index in [2.05, 4.69) is 10.6 Å². The zero-order valence-electron chi connectivity index (χ0n) is 13.3. The first-order valence-corrected chi connectivity index (χ1v) is 8.63. The van der Waals surface area contributed by atoms with Gasteiger partial charge in [-0.1, -0.05) is 36.4 Å². The average molecular weight is 348 g/mol. The standard InChI is InChI=1S/C20H16N2O2S/c23-19(21-16-7-3-1-4-8-16)18(13-15-11-12-25-14-15)20(24)22-17-9-5-2-6-10-17/h1-14H,(H,21,23)(H,22,24). The summed E-state index contributed by atoms with van der Waals surface area (Å²) in [7, 11) is 0. The van der Waals surface area contributed by atoms with Crippen LogP contribution < -0.4 is 10.6 Å². The molecule has 0 aliphatic carbocycles. The van der Waals surface area contributed by atoms with Crippen LogP contribution in [0.15, 0.2) is 83.1 Å². The lowest BCUT2D eigenvalue weighted by Crippen LogP contribution is -2.25. The number of amides is 2. The second-order valence-corrected chi connectivity index (χ2v) is 6.04. The highest BCUT2D eigenvalue weighted by molar-refractivity contribution is 7.08. The van der Waals surface area contributed by atoms with E-state index in [1.54, 1.807) is 30.3 Å². The van der Waals surface area contributed by atoms with Crippen molar-refractivity contribution in [3.63, 3.8) is 0 Å². The van der Waals surface area contributed by atoms with Crippen molar-refractivity contribution in [2.24, 2.45) is 0 Å². The van der Waals surface area contributed by atoms with E-state index < -0.39 is 11.8 Å². The highest BCUT2D eigenvalue weighted by Gasteiger charge is 2.19. The molecule has 0 fully saturated rings. The van der Waals surface area contributed by atoms with Crippen molar-refractivity contribution < 1.29 is 9.59 Å². The van der Waals surface area contributed by atoms with Crippen LogP contribution in [-0.4, -0.2) is 11.8 Å². The summed E-state index contributed by atoms with van der Waals surface area (Å²) in [6.45, 7) is 0. The topological polar surface area (TPSA) is 58.2 Å². The molecule has 0 unspecified atom stereocenters. The Hall–Kier alpha value is -3.18. The van der Waals surface area contributed by atoms with Gasteiger partial charge >= 0.3 is 0 Å². The van der Waals surface area contributed by atoms with Crippen molar-refractivity contribution in [1.82, 2.24) is 0 Å². The Balaban J connectivity index is 1.84. The van der Waals surface area contributed by atoms with Gasteiger partial charge in [0.15, 0.2) is 0 Å². The molecule has 3 rings (SSSR count). The summed E-state index contributed by atoms with van der Waals surface area (Å²) in [5, 5.41) is 9.29. The number of para-hydroxylation sites is 2. The molecule has 3 aromatic rings. The Morgan fingerprint density at radius 2 is 1.28 bits per heavy atom. The number of benzene rings is 2. The highest BCUT2D eigenvalue weighted by atomic mass is 32.1. The lowest BCUT2D eigenvalue weighted by molar-refractivity contribution is -0.118. The fraction of sp³-hybridized carbons (Fsp3) is 0. The normalized spacial score (nSPS) is 9.92. The van der Waals surface area contributed by atoms with E-state index in [4.69, 9.17) is 0 Å². The molecule has 1 heterocycles. The van der Waals surface area contributed by atoms with Crippen LogP contribution in [0.2, 0.25) is 0 Å². The molecular weight excluding hydrogens is 332 g/mol. The van der Waals surface area contributed by atoms with Crippen molar-refractivity contribution in [2.45, 2.75) is 0 Å². The van der Waals surface area contributed by atoms with Crippen LogP contribution in [0.1, 0.15) is 5.56 Å². The van der Waals surface area contributed by atoms with E-state index in [-0.39, 0.29) is 5.57 Å². The SMILES string of the molecule is O=C(Nc1ccccc1)C(=Cc1ccsc1)C(=O)Nc1ccccc1. The smallest absolute Gasteiger partial charge is 0.261 e. The van der Waals surface area contributed by atoms with Gasteiger partial charge in [-0.25, -0.2) is 0 Å². The summed E-state index contributed by atoms with van der Waals surface area (Å²) in [5.41, 5.74) is 2.13. The summed E-state index contributed by atoms with van der Waals surface area (Å²) in [6, 6.07) is 20.0. The largest absolute Gasteiger partial charge is 0.322 e. The maximum atomic E-state index is 12.6. The number of thiophene rings is 1. The summed E-state index contributed by atoms with van der Waals surface area (Å²) in [6.07, 6.45) is 1.59. The zero-order chi connectivity index (χ0) is 17.5. The second-order valence-electron chi connectivity index (χ2n) is 5.25. The number of rotatable bonds is 5. The van der Waals surface area contributed by atoms with Gasteiger partial charge in [0.2, 0.25) is 0 Å². The van der Waals surface area contributed by atoms with E-state index in [0.717, 1.165) is 5.56 Å². The van der Waals surface area contributed by atoms with Crippen LogP contribution in [0.25, 0.3) is 6.08 Å². The molecule has 0 atom stereocenters. The number of anilines is 2. The summed E-state index contributed by atoms with van der Waals surface area (Å²) >= 11 is 1.50. The Morgan fingerprint density at radius 3 is 1.72 bits per heavy atom. The Kier molecular flexibility index (Phi) is 5.39. The van der Waals surface area contributed by atoms with Gasteiger partial charge in [0.1, 0.15) is 5.57 Å². The van der Waals surface area contributed by atoms with E-state index in [0.29, 0.717) is 11.4 Å². The Morgan fingerprint density at radius 1 is 0.760 bits per heavy atom. The first-order valence-electron chi connectivity index (χ1n) is 7.69. The molecule has 25 heavy (non-hydrogen) atoms. The fourth-order valence-electron chi connectivity index (χ4n) is 2.20. The zero-order valence-corrected chi connectivity index (χ0v) is 14.1. The lowest BCUT2D eigenvalue weighted by atomic mass is 10.1. The fourth-order valence-corrected chi connectivity index (χ4v) is 2.82. The van der Waals surface area contributed by atoms with Gasteiger partial charge in [0.05, 0.1) is 0 Å². The molecule has 0 saturated carbocycles. The number of hydrogen-bond donors (Lipinski definition) is 2. The maximum Gasteiger partial charge on any atom is 0.261 e. The third kappa shape index (κ3) is 4.65. The van der Waals surface area contributed by atoms with Crippen molar-refractivity contribution in [3.05, 3.63) is 88.6 Å². The van der Waals surface area contributed by atoms with Gasteiger partial charge in [-0.2, -0.15) is 11.3 Å². The van der Waals surface area contributed by atoms with Crippen LogP contribution >= 0.6 is 11.3 Å². The van der Waals surface area contributed by atoms with Gasteiger partial charge < -0.3 is 10.6 Å². The number of carbonyl (C=O) groups is 2. The summed E-state index contributed by atoms with van der Waals surface area (Å²) < 4.78 is 0. The van der Waals surface area contributed by atoms with E-state index >= 15 is 0 Å². The van der Waals surface area contributed by atoms with Crippen LogP contribution in [0.5, 0.6) is 0 Å². The van der Waals surface area contributed by atoms with E-state index in [1.165, 1.54) is 11.3 Å². The molecule has 1 aromatic heterocycles. The molecule has 4 nitrogen and oxygen atoms in total. The predicted octanol–water partition coefficient (Wildman–Crippen LogP) is 4.41. The molecule has 2 amide bonds. The first kappa shape index (κ1) is 16.7. The van der Waals surface area contributed by atoms with Gasteiger partial charge in [0, 0.05) is 11.4 Å². The molecule has 2 N–H and O–H groups in total. The average Bonchev–Trinajstić information content (AvgIpc) is 3.14. The van der Waals surface area contributed by atoms with E-state index in [9.17, 15) is 9.59 Å². The van der Waals surface area contributed by atoms with Crippen molar-refractivity contribution >= 4 is 40.6 Å². The van der Waals surface area contributed by atoms with Crippen LogP contribution in [0, 0.1) is 0 Å². The molecule has 0 bridgehead atoms. The minimum atomic E-state index is -0.453. The van der Waals surface area contributed by atoms with Gasteiger partial charge in [-0.05, 0) is 52.7 Å². The van der Waals surface area contributed by atoms with Crippen molar-refractivity contribution in [2.75, 3.05) is 10.6 Å².